The molecule has 0 amide bonds. The Bertz CT molecular complexity index is 356. The number of unbranched alkanes of at least 4 members (excludes halogenated alkanes) is 9. The van der Waals surface area contributed by atoms with Gasteiger partial charge in [0.1, 0.15) is 0 Å². The summed E-state index contributed by atoms with van der Waals surface area (Å²) in [6, 6.07) is 2.19. The Hall–Kier alpha value is -0.740. The third-order valence-electron chi connectivity index (χ3n) is 3.68. The summed E-state index contributed by atoms with van der Waals surface area (Å²) in [5.74, 6) is 2.78. The zero-order valence-corrected chi connectivity index (χ0v) is 13.2. The van der Waals surface area contributed by atoms with Gasteiger partial charge in [-0.25, -0.2) is 0 Å². The van der Waals surface area contributed by atoms with Gasteiger partial charge in [-0.05, 0) is 29.9 Å². The van der Waals surface area contributed by atoms with E-state index in [2.05, 4.69) is 24.3 Å². The molecule has 0 atom stereocenters. The fraction of sp³-hybridized carbons (Fsp3) is 0.667. The predicted octanol–water partition coefficient (Wildman–Crippen LogP) is 6.19. The molecule has 0 fully saturated rings. The van der Waals surface area contributed by atoms with E-state index in [4.69, 9.17) is 6.42 Å². The van der Waals surface area contributed by atoms with Crippen molar-refractivity contribution in [2.45, 2.75) is 77.6 Å². The van der Waals surface area contributed by atoms with E-state index >= 15 is 0 Å². The summed E-state index contributed by atoms with van der Waals surface area (Å²) in [4.78, 5) is 1.14. The van der Waals surface area contributed by atoms with Crippen LogP contribution in [-0.4, -0.2) is 0 Å². The molecule has 1 heterocycles. The van der Waals surface area contributed by atoms with Crippen LogP contribution in [0.1, 0.15) is 81.6 Å². The number of hydrogen-bond acceptors (Lipinski definition) is 1. The molecule has 1 rings (SSSR count). The molecule has 0 N–H and O–H groups in total. The molecule has 1 aromatic heterocycles. The monoisotopic (exact) mass is 276 g/mol. The van der Waals surface area contributed by atoms with Crippen molar-refractivity contribution in [3.05, 3.63) is 21.9 Å². The maximum atomic E-state index is 5.48. The SMILES string of the molecule is C#Cc1sccc1CCCCCCCCCCCC. The molecule has 0 bridgehead atoms. The second kappa shape index (κ2) is 11.1. The smallest absolute Gasteiger partial charge is 0.0797 e. The first-order valence-electron chi connectivity index (χ1n) is 7.91. The second-order valence-corrected chi connectivity index (χ2v) is 6.27. The highest BCUT2D eigenvalue weighted by Gasteiger charge is 2.01. The molecule has 0 spiro atoms. The minimum atomic E-state index is 1.14. The molecule has 1 aromatic rings. The first-order valence-corrected chi connectivity index (χ1v) is 8.79. The van der Waals surface area contributed by atoms with Gasteiger partial charge in [0.15, 0.2) is 0 Å². The molecule has 0 aliphatic rings. The molecular weight excluding hydrogens is 248 g/mol. The van der Waals surface area contributed by atoms with E-state index < -0.39 is 0 Å². The maximum absolute atomic E-state index is 5.48. The zero-order valence-electron chi connectivity index (χ0n) is 12.4. The van der Waals surface area contributed by atoms with Crippen LogP contribution in [0.4, 0.5) is 0 Å². The molecule has 1 heteroatoms. The first kappa shape index (κ1) is 16.3. The highest BCUT2D eigenvalue weighted by molar-refractivity contribution is 7.10. The Morgan fingerprint density at radius 3 is 2.11 bits per heavy atom. The molecule has 0 aliphatic heterocycles. The second-order valence-electron chi connectivity index (χ2n) is 5.35. The van der Waals surface area contributed by atoms with Crippen LogP contribution in [0.3, 0.4) is 0 Å². The molecule has 0 aromatic carbocycles. The van der Waals surface area contributed by atoms with Crippen molar-refractivity contribution in [3.63, 3.8) is 0 Å². The zero-order chi connectivity index (χ0) is 13.8. The van der Waals surface area contributed by atoms with Crippen molar-refractivity contribution >= 4 is 11.3 Å². The molecule has 0 radical (unpaired) electrons. The van der Waals surface area contributed by atoms with Gasteiger partial charge in [0, 0.05) is 0 Å². The highest BCUT2D eigenvalue weighted by atomic mass is 32.1. The summed E-state index contributed by atoms with van der Waals surface area (Å²) in [5.41, 5.74) is 1.38. The molecule has 0 saturated carbocycles. The molecule has 0 nitrogen and oxygen atoms in total. The molecule has 19 heavy (non-hydrogen) atoms. The molecule has 0 aliphatic carbocycles. The summed E-state index contributed by atoms with van der Waals surface area (Å²) in [7, 11) is 0. The lowest BCUT2D eigenvalue weighted by Crippen LogP contribution is -1.87. The first-order chi connectivity index (χ1) is 9.38. The van der Waals surface area contributed by atoms with Crippen LogP contribution in [0.2, 0.25) is 0 Å². The van der Waals surface area contributed by atoms with Crippen LogP contribution in [0.15, 0.2) is 11.4 Å². The van der Waals surface area contributed by atoms with E-state index in [1.807, 2.05) is 0 Å². The van der Waals surface area contributed by atoms with Crippen molar-refractivity contribution in [3.8, 4) is 12.3 Å². The third kappa shape index (κ3) is 7.43. The largest absolute Gasteiger partial charge is 0.135 e. The van der Waals surface area contributed by atoms with Crippen molar-refractivity contribution in [2.75, 3.05) is 0 Å². The lowest BCUT2D eigenvalue weighted by Gasteiger charge is -2.02. The van der Waals surface area contributed by atoms with Crippen LogP contribution < -0.4 is 0 Å². The van der Waals surface area contributed by atoms with Gasteiger partial charge >= 0.3 is 0 Å². The van der Waals surface area contributed by atoms with E-state index in [1.54, 1.807) is 11.3 Å². The lowest BCUT2D eigenvalue weighted by atomic mass is 10.0. The number of aryl methyl sites for hydroxylation is 1. The van der Waals surface area contributed by atoms with Crippen molar-refractivity contribution in [1.82, 2.24) is 0 Å². The van der Waals surface area contributed by atoms with E-state index in [-0.39, 0.29) is 0 Å². The van der Waals surface area contributed by atoms with Crippen LogP contribution in [0, 0.1) is 12.3 Å². The number of terminal acetylenes is 1. The van der Waals surface area contributed by atoms with Crippen LogP contribution in [-0.2, 0) is 6.42 Å². The maximum Gasteiger partial charge on any atom is 0.0797 e. The van der Waals surface area contributed by atoms with Gasteiger partial charge < -0.3 is 0 Å². The van der Waals surface area contributed by atoms with Gasteiger partial charge in [-0.2, -0.15) is 0 Å². The Kier molecular flexibility index (Phi) is 9.55. The fourth-order valence-corrected chi connectivity index (χ4v) is 3.22. The molecule has 106 valence electrons. The van der Waals surface area contributed by atoms with Crippen LogP contribution in [0.5, 0.6) is 0 Å². The summed E-state index contributed by atoms with van der Waals surface area (Å²) in [5, 5.41) is 2.11. The molecule has 0 saturated heterocycles. The van der Waals surface area contributed by atoms with Crippen molar-refractivity contribution in [2.24, 2.45) is 0 Å². The number of rotatable bonds is 11. The molecular formula is C18H28S. The Labute approximate surface area is 123 Å². The van der Waals surface area contributed by atoms with E-state index in [1.165, 1.54) is 76.2 Å². The lowest BCUT2D eigenvalue weighted by molar-refractivity contribution is 0.556. The molecule has 0 unspecified atom stereocenters. The predicted molar refractivity (Wildman–Crippen MR) is 87.8 cm³/mol. The average Bonchev–Trinajstić information content (AvgIpc) is 2.88. The van der Waals surface area contributed by atoms with Crippen molar-refractivity contribution in [1.29, 1.82) is 0 Å². The van der Waals surface area contributed by atoms with Gasteiger partial charge in [0.25, 0.3) is 0 Å². The van der Waals surface area contributed by atoms with Crippen molar-refractivity contribution < 1.29 is 0 Å². The van der Waals surface area contributed by atoms with Gasteiger partial charge in [-0.15, -0.1) is 17.8 Å². The summed E-state index contributed by atoms with van der Waals surface area (Å²) < 4.78 is 0. The number of thiophene rings is 1. The van der Waals surface area contributed by atoms with Crippen LogP contribution >= 0.6 is 11.3 Å². The minimum Gasteiger partial charge on any atom is -0.135 e. The number of hydrogen-bond donors (Lipinski definition) is 0. The quantitative estimate of drug-likeness (QED) is 0.334. The summed E-state index contributed by atoms with van der Waals surface area (Å²) in [6.07, 6.45) is 20.6. The standard InChI is InChI=1S/C18H28S/c1-3-5-6-7-8-9-10-11-12-13-14-17-15-16-19-18(17)4-2/h2,15-16H,3,5-14H2,1H3. The third-order valence-corrected chi connectivity index (χ3v) is 4.57. The normalized spacial score (nSPS) is 10.5. The summed E-state index contributed by atoms with van der Waals surface area (Å²) in [6.45, 7) is 2.28. The topological polar surface area (TPSA) is 0 Å². The Morgan fingerprint density at radius 1 is 0.947 bits per heavy atom. The van der Waals surface area contributed by atoms with E-state index in [0.717, 1.165) is 4.88 Å². The van der Waals surface area contributed by atoms with Crippen LogP contribution in [0.25, 0.3) is 0 Å². The van der Waals surface area contributed by atoms with Gasteiger partial charge in [0.05, 0.1) is 4.88 Å². The Balaban J connectivity index is 1.90. The Morgan fingerprint density at radius 2 is 1.53 bits per heavy atom. The highest BCUT2D eigenvalue weighted by Crippen LogP contribution is 2.18. The van der Waals surface area contributed by atoms with E-state index in [0.29, 0.717) is 0 Å². The van der Waals surface area contributed by atoms with E-state index in [9.17, 15) is 0 Å². The van der Waals surface area contributed by atoms with Gasteiger partial charge in [-0.3, -0.25) is 0 Å². The minimum absolute atomic E-state index is 1.14. The van der Waals surface area contributed by atoms with Gasteiger partial charge in [0.2, 0.25) is 0 Å². The van der Waals surface area contributed by atoms with Gasteiger partial charge in [-0.1, -0.05) is 70.6 Å². The summed E-state index contributed by atoms with van der Waals surface area (Å²) >= 11 is 1.69. The fourth-order valence-electron chi connectivity index (χ4n) is 2.46. The average molecular weight is 276 g/mol.